The predicted molar refractivity (Wildman–Crippen MR) is 65.3 cm³/mol. The van der Waals surface area contributed by atoms with Gasteiger partial charge in [-0.2, -0.15) is 0 Å². The summed E-state index contributed by atoms with van der Waals surface area (Å²) in [6.45, 7) is 10.8. The third-order valence-electron chi connectivity index (χ3n) is 2.92. The van der Waals surface area contributed by atoms with Crippen molar-refractivity contribution >= 4 is 0 Å². The molecule has 1 atom stereocenters. The van der Waals surface area contributed by atoms with Gasteiger partial charge in [0.2, 0.25) is 0 Å². The van der Waals surface area contributed by atoms with Gasteiger partial charge in [-0.1, -0.05) is 33.3 Å². The second-order valence-electron chi connectivity index (χ2n) is 5.01. The van der Waals surface area contributed by atoms with Crippen molar-refractivity contribution in [2.24, 2.45) is 5.92 Å². The van der Waals surface area contributed by atoms with Crippen molar-refractivity contribution in [2.75, 3.05) is 27.2 Å². The Morgan fingerprint density at radius 1 is 1.27 bits per heavy atom. The lowest BCUT2D eigenvalue weighted by atomic mass is 9.98. The van der Waals surface area contributed by atoms with Crippen molar-refractivity contribution in [1.82, 2.24) is 0 Å². The third kappa shape index (κ3) is 8.95. The minimum atomic E-state index is 0. The van der Waals surface area contributed by atoms with E-state index < -0.39 is 0 Å². The molecular formula is C13H28ClN. The molecule has 0 heterocycles. The van der Waals surface area contributed by atoms with Crippen molar-refractivity contribution in [1.29, 1.82) is 0 Å². The van der Waals surface area contributed by atoms with E-state index in [2.05, 4.69) is 34.5 Å². The third-order valence-corrected chi connectivity index (χ3v) is 2.92. The number of nitrogens with zero attached hydrogens (tertiary/aromatic N) is 1. The van der Waals surface area contributed by atoms with Crippen LogP contribution < -0.4 is 12.4 Å². The van der Waals surface area contributed by atoms with Crippen LogP contribution >= 0.6 is 0 Å². The molecule has 0 aliphatic carbocycles. The van der Waals surface area contributed by atoms with Gasteiger partial charge in [-0.3, -0.25) is 0 Å². The predicted octanol–water partition coefficient (Wildman–Crippen LogP) is 0.469. The zero-order valence-corrected chi connectivity index (χ0v) is 11.7. The van der Waals surface area contributed by atoms with Gasteiger partial charge in [-0.15, -0.1) is 0 Å². The van der Waals surface area contributed by atoms with Crippen LogP contribution in [0.5, 0.6) is 0 Å². The van der Waals surface area contributed by atoms with Crippen LogP contribution in [0.1, 0.15) is 39.5 Å². The highest BCUT2D eigenvalue weighted by molar-refractivity contribution is 4.66. The van der Waals surface area contributed by atoms with Crippen molar-refractivity contribution < 1.29 is 16.9 Å². The molecule has 2 heteroatoms. The number of hydrogen-bond acceptors (Lipinski definition) is 0. The summed E-state index contributed by atoms with van der Waals surface area (Å²) in [5, 5.41) is 0. The van der Waals surface area contributed by atoms with Gasteiger partial charge in [-0.05, 0) is 18.9 Å². The molecule has 0 saturated carbocycles. The second kappa shape index (κ2) is 9.23. The smallest absolute Gasteiger partial charge is 0.0967 e. The first-order valence-electron chi connectivity index (χ1n) is 5.98. The van der Waals surface area contributed by atoms with Gasteiger partial charge in [0.05, 0.1) is 27.2 Å². The monoisotopic (exact) mass is 233 g/mol. The second-order valence-corrected chi connectivity index (χ2v) is 5.01. The van der Waals surface area contributed by atoms with Crippen LogP contribution in [0.2, 0.25) is 0 Å². The Balaban J connectivity index is 0. The number of quaternary nitrogens is 1. The molecule has 0 aromatic carbocycles. The van der Waals surface area contributed by atoms with E-state index in [9.17, 15) is 0 Å². The number of unbranched alkanes of at least 4 members (excludes halogenated alkanes) is 1. The van der Waals surface area contributed by atoms with E-state index in [1.807, 2.05) is 6.08 Å². The molecule has 1 nitrogen and oxygen atoms in total. The highest BCUT2D eigenvalue weighted by atomic mass is 35.5. The SMILES string of the molecule is C=CC[N+](C)(C)CC(CC)CCCC.[Cl-]. The molecule has 15 heavy (non-hydrogen) atoms. The molecule has 0 N–H and O–H groups in total. The van der Waals surface area contributed by atoms with Gasteiger partial charge in [-0.25, -0.2) is 0 Å². The molecule has 0 rings (SSSR count). The quantitative estimate of drug-likeness (QED) is 0.423. The Hall–Kier alpha value is -0.0100. The standard InChI is InChI=1S/C13H28N.ClH/c1-6-9-10-13(8-3)12-14(4,5)11-7-2;/h7,13H,2,6,8-12H2,1,3-5H3;1H/q+1;/p-1. The van der Waals surface area contributed by atoms with Crippen LogP contribution in [0, 0.1) is 5.92 Å². The van der Waals surface area contributed by atoms with Gasteiger partial charge in [0, 0.05) is 5.92 Å². The van der Waals surface area contributed by atoms with Gasteiger partial charge < -0.3 is 16.9 Å². The van der Waals surface area contributed by atoms with Crippen molar-refractivity contribution in [3.63, 3.8) is 0 Å². The Bertz CT molecular complexity index is 155. The van der Waals surface area contributed by atoms with E-state index >= 15 is 0 Å². The first-order valence-corrected chi connectivity index (χ1v) is 5.98. The molecule has 92 valence electrons. The van der Waals surface area contributed by atoms with Crippen LogP contribution in [-0.2, 0) is 0 Å². The van der Waals surface area contributed by atoms with Gasteiger partial charge in [0.25, 0.3) is 0 Å². The van der Waals surface area contributed by atoms with Gasteiger partial charge >= 0.3 is 0 Å². The first-order chi connectivity index (χ1) is 6.55. The normalized spacial score (nSPS) is 13.1. The van der Waals surface area contributed by atoms with Crippen molar-refractivity contribution in [3.8, 4) is 0 Å². The summed E-state index contributed by atoms with van der Waals surface area (Å²) in [6.07, 6.45) is 7.45. The van der Waals surface area contributed by atoms with Crippen LogP contribution in [0.25, 0.3) is 0 Å². The lowest BCUT2D eigenvalue weighted by Crippen LogP contribution is -3.00. The summed E-state index contributed by atoms with van der Waals surface area (Å²) in [4.78, 5) is 0. The molecule has 0 saturated heterocycles. The molecule has 0 fully saturated rings. The molecule has 0 amide bonds. The van der Waals surface area contributed by atoms with E-state index in [4.69, 9.17) is 0 Å². The summed E-state index contributed by atoms with van der Waals surface area (Å²) in [7, 11) is 4.60. The van der Waals surface area contributed by atoms with Crippen LogP contribution in [-0.4, -0.2) is 31.7 Å². The summed E-state index contributed by atoms with van der Waals surface area (Å²) < 4.78 is 1.09. The highest BCUT2D eigenvalue weighted by Crippen LogP contribution is 2.16. The lowest BCUT2D eigenvalue weighted by molar-refractivity contribution is -0.888. The fraction of sp³-hybridized carbons (Fsp3) is 0.846. The molecule has 0 radical (unpaired) electrons. The average molecular weight is 234 g/mol. The molecule has 0 aliphatic heterocycles. The fourth-order valence-corrected chi connectivity index (χ4v) is 2.04. The maximum atomic E-state index is 3.83. The molecule has 0 aromatic heterocycles. The maximum absolute atomic E-state index is 3.83. The number of likely N-dealkylation sites (N-methyl/N-ethyl adjacent to an activating group) is 1. The van der Waals surface area contributed by atoms with E-state index in [-0.39, 0.29) is 12.4 Å². The van der Waals surface area contributed by atoms with E-state index in [0.29, 0.717) is 0 Å². The average Bonchev–Trinajstić information content (AvgIpc) is 2.12. The van der Waals surface area contributed by atoms with Crippen LogP contribution in [0.3, 0.4) is 0 Å². The van der Waals surface area contributed by atoms with Crippen molar-refractivity contribution in [2.45, 2.75) is 39.5 Å². The Morgan fingerprint density at radius 3 is 2.27 bits per heavy atom. The van der Waals surface area contributed by atoms with E-state index in [1.54, 1.807) is 0 Å². The molecule has 0 aliphatic rings. The summed E-state index contributed by atoms with van der Waals surface area (Å²) in [5.74, 6) is 0.893. The minimum Gasteiger partial charge on any atom is -1.00 e. The zero-order chi connectivity index (χ0) is 11.0. The number of rotatable bonds is 8. The van der Waals surface area contributed by atoms with Crippen molar-refractivity contribution in [3.05, 3.63) is 12.7 Å². The van der Waals surface area contributed by atoms with Gasteiger partial charge in [0.1, 0.15) is 0 Å². The molecule has 1 unspecified atom stereocenters. The van der Waals surface area contributed by atoms with Crippen LogP contribution in [0.4, 0.5) is 0 Å². The Kier molecular flexibility index (Phi) is 10.7. The summed E-state index contributed by atoms with van der Waals surface area (Å²) in [6, 6.07) is 0. The molecule has 0 aromatic rings. The molecule has 0 spiro atoms. The number of halogens is 1. The zero-order valence-electron chi connectivity index (χ0n) is 10.9. The topological polar surface area (TPSA) is 0 Å². The number of hydrogen-bond donors (Lipinski definition) is 0. The van der Waals surface area contributed by atoms with E-state index in [0.717, 1.165) is 16.9 Å². The Morgan fingerprint density at radius 2 is 1.87 bits per heavy atom. The largest absolute Gasteiger partial charge is 1.00 e. The molecule has 0 bridgehead atoms. The lowest BCUT2D eigenvalue weighted by Gasteiger charge is -2.32. The minimum absolute atomic E-state index is 0. The highest BCUT2D eigenvalue weighted by Gasteiger charge is 2.18. The Labute approximate surface area is 103 Å². The fourth-order valence-electron chi connectivity index (χ4n) is 2.04. The first kappa shape index (κ1) is 17.4. The maximum Gasteiger partial charge on any atom is 0.0967 e. The summed E-state index contributed by atoms with van der Waals surface area (Å²) in [5.41, 5.74) is 0. The van der Waals surface area contributed by atoms with E-state index in [1.165, 1.54) is 32.2 Å². The van der Waals surface area contributed by atoms with Gasteiger partial charge in [0.15, 0.2) is 0 Å². The molecular weight excluding hydrogens is 206 g/mol. The van der Waals surface area contributed by atoms with Crippen LogP contribution in [0.15, 0.2) is 12.7 Å². The summed E-state index contributed by atoms with van der Waals surface area (Å²) >= 11 is 0.